The molecule has 0 bridgehead atoms. The molecule has 0 nitrogen and oxygen atoms in total. The highest BCUT2D eigenvalue weighted by Crippen LogP contribution is 2.63. The van der Waals surface area contributed by atoms with Gasteiger partial charge in [-0.05, 0) is 200 Å². The van der Waals surface area contributed by atoms with Gasteiger partial charge in [0, 0.05) is 0 Å². The van der Waals surface area contributed by atoms with Crippen molar-refractivity contribution >= 4 is 43.1 Å². The van der Waals surface area contributed by atoms with Crippen LogP contribution in [0.4, 0.5) is 0 Å². The molecule has 0 aromatic heterocycles. The van der Waals surface area contributed by atoms with E-state index in [0.29, 0.717) is 0 Å². The lowest BCUT2D eigenvalue weighted by atomic mass is 9.69. The minimum atomic E-state index is 1.10. The maximum absolute atomic E-state index is 2.52. The molecular formula is C100H66. The molecular weight excluding hydrogens is 1200 g/mol. The van der Waals surface area contributed by atoms with Crippen molar-refractivity contribution in [3.63, 3.8) is 0 Å². The summed E-state index contributed by atoms with van der Waals surface area (Å²) in [5.41, 5.74) is 29.5. The fraction of sp³-hybridized carbons (Fsp3) is 0. The van der Waals surface area contributed by atoms with Crippen LogP contribution < -0.4 is 0 Å². The highest BCUT2D eigenvalue weighted by Gasteiger charge is 2.36. The average molecular weight is 1270 g/mol. The Morgan fingerprint density at radius 3 is 0.570 bits per heavy atom. The fourth-order valence-electron chi connectivity index (χ4n) is 16.1. The standard InChI is InChI=1S/C100H66/c1-11-37-67(38-12-1)85-87(69-41-15-3-16-42-69)91(73-49-23-7-24-50-73)98(92(74-51-25-8-26-52-74)88(85)70-43-17-4-18-44-70)84-64-63-80-66-79-59-33-36-62-83(79)97(96-81-60-34-31-57-77(81)65-78-58-32-35-61-82(78)96)95(80)99(84)100-93(75-53-27-9-28-54-75)89(71-45-19-5-20-46-71)86(68-39-13-2-14-40-68)90(72-47-21-6-22-48-72)94(100)76-55-29-10-30-56-76/h1-66H. The molecule has 0 atom stereocenters. The second-order valence-corrected chi connectivity index (χ2v) is 25.9. The lowest BCUT2D eigenvalue weighted by molar-refractivity contribution is 1.50. The van der Waals surface area contributed by atoms with Crippen molar-refractivity contribution in [2.45, 2.75) is 0 Å². The Bertz CT molecular complexity index is 5770. The third-order valence-corrected chi connectivity index (χ3v) is 20.2. The van der Waals surface area contributed by atoms with Gasteiger partial charge in [0.1, 0.15) is 0 Å². The van der Waals surface area contributed by atoms with Gasteiger partial charge in [0.2, 0.25) is 0 Å². The van der Waals surface area contributed by atoms with E-state index in [-0.39, 0.29) is 0 Å². The van der Waals surface area contributed by atoms with Crippen molar-refractivity contribution in [1.29, 1.82) is 0 Å². The van der Waals surface area contributed by atoms with Gasteiger partial charge in [-0.2, -0.15) is 0 Å². The lowest BCUT2D eigenvalue weighted by Crippen LogP contribution is -2.06. The summed E-state index contributed by atoms with van der Waals surface area (Å²) in [5.74, 6) is 0. The molecule has 0 heteroatoms. The van der Waals surface area contributed by atoms with E-state index in [0.717, 1.165) is 144 Å². The van der Waals surface area contributed by atoms with Crippen LogP contribution in [0.3, 0.4) is 0 Å². The predicted octanol–water partition coefficient (Wildman–Crippen LogP) is 28.0. The second-order valence-electron chi connectivity index (χ2n) is 25.9. The van der Waals surface area contributed by atoms with Crippen LogP contribution in [0.15, 0.2) is 400 Å². The summed E-state index contributed by atoms with van der Waals surface area (Å²) >= 11 is 0. The second kappa shape index (κ2) is 25.9. The van der Waals surface area contributed by atoms with Crippen molar-refractivity contribution in [2.75, 3.05) is 0 Å². The summed E-state index contributed by atoms with van der Waals surface area (Å²) in [4.78, 5) is 0. The first-order valence-corrected chi connectivity index (χ1v) is 34.7. The molecule has 18 aromatic rings. The highest BCUT2D eigenvalue weighted by atomic mass is 14.4. The number of benzene rings is 18. The van der Waals surface area contributed by atoms with Crippen LogP contribution in [0.25, 0.3) is 188 Å². The van der Waals surface area contributed by atoms with Gasteiger partial charge in [-0.3, -0.25) is 0 Å². The first kappa shape index (κ1) is 59.5. The van der Waals surface area contributed by atoms with Crippen LogP contribution in [0.5, 0.6) is 0 Å². The van der Waals surface area contributed by atoms with Crippen LogP contribution in [-0.4, -0.2) is 0 Å². The molecule has 18 aromatic carbocycles. The summed E-state index contributed by atoms with van der Waals surface area (Å²) in [6.07, 6.45) is 0. The predicted molar refractivity (Wildman–Crippen MR) is 427 cm³/mol. The van der Waals surface area contributed by atoms with E-state index in [9.17, 15) is 0 Å². The molecule has 18 rings (SSSR count). The number of hydrogen-bond acceptors (Lipinski definition) is 0. The van der Waals surface area contributed by atoms with E-state index < -0.39 is 0 Å². The zero-order valence-electron chi connectivity index (χ0n) is 55.1. The molecule has 0 aliphatic rings. The summed E-state index contributed by atoms with van der Waals surface area (Å²) in [6.45, 7) is 0. The zero-order valence-corrected chi connectivity index (χ0v) is 55.1. The fourth-order valence-corrected chi connectivity index (χ4v) is 16.1. The van der Waals surface area contributed by atoms with Crippen LogP contribution in [0.2, 0.25) is 0 Å². The summed E-state index contributed by atoms with van der Waals surface area (Å²) in [7, 11) is 0. The Labute approximate surface area is 584 Å². The van der Waals surface area contributed by atoms with Gasteiger partial charge >= 0.3 is 0 Å². The van der Waals surface area contributed by atoms with Gasteiger partial charge in [0.05, 0.1) is 0 Å². The molecule has 0 spiro atoms. The quantitative estimate of drug-likeness (QED) is 0.101. The Kier molecular flexibility index (Phi) is 15.4. The maximum atomic E-state index is 2.52. The first-order valence-electron chi connectivity index (χ1n) is 34.7. The van der Waals surface area contributed by atoms with Gasteiger partial charge in [-0.1, -0.05) is 388 Å². The highest BCUT2D eigenvalue weighted by molar-refractivity contribution is 6.31. The molecule has 0 unspecified atom stereocenters. The van der Waals surface area contributed by atoms with Gasteiger partial charge in [0.15, 0.2) is 0 Å². The van der Waals surface area contributed by atoms with Crippen molar-refractivity contribution in [3.8, 4) is 145 Å². The van der Waals surface area contributed by atoms with Crippen molar-refractivity contribution in [3.05, 3.63) is 400 Å². The normalized spacial score (nSPS) is 11.4. The average Bonchev–Trinajstić information content (AvgIpc) is 0.693. The lowest BCUT2D eigenvalue weighted by Gasteiger charge is -2.33. The first-order chi connectivity index (χ1) is 49.7. The Morgan fingerprint density at radius 1 is 0.110 bits per heavy atom. The third-order valence-electron chi connectivity index (χ3n) is 20.2. The summed E-state index contributed by atoms with van der Waals surface area (Å²) in [6, 6.07) is 150. The van der Waals surface area contributed by atoms with Gasteiger partial charge in [0.25, 0.3) is 0 Å². The molecule has 466 valence electrons. The number of hydrogen-bond donors (Lipinski definition) is 0. The zero-order chi connectivity index (χ0) is 66.3. The molecule has 0 saturated carbocycles. The largest absolute Gasteiger partial charge is 0.0622 e. The summed E-state index contributed by atoms with van der Waals surface area (Å²) < 4.78 is 0. The SMILES string of the molecule is c1ccc(-c2c(-c3ccccc3)c(-c3ccccc3)c(-c3ccc4cc5ccccc5c(-c5c6ccccc6cc6ccccc56)c4c3-c3c(-c4ccccc4)c(-c4ccccc4)c(-c4ccccc4)c(-c4ccccc4)c3-c3ccccc3)c(-c3ccccc3)c2-c2ccccc2)cc1. The third kappa shape index (κ3) is 10.3. The van der Waals surface area contributed by atoms with E-state index in [4.69, 9.17) is 0 Å². The Morgan fingerprint density at radius 2 is 0.310 bits per heavy atom. The topological polar surface area (TPSA) is 0 Å². The number of rotatable bonds is 13. The molecule has 0 heterocycles. The monoisotopic (exact) mass is 1270 g/mol. The van der Waals surface area contributed by atoms with Crippen LogP contribution in [-0.2, 0) is 0 Å². The van der Waals surface area contributed by atoms with Crippen LogP contribution in [0, 0.1) is 0 Å². The van der Waals surface area contributed by atoms with E-state index in [1.165, 1.54) is 43.4 Å². The summed E-state index contributed by atoms with van der Waals surface area (Å²) in [5, 5.41) is 9.38. The molecule has 0 saturated heterocycles. The molecule has 0 amide bonds. The smallest absolute Gasteiger partial charge is 0.000116 e. The van der Waals surface area contributed by atoms with E-state index in [2.05, 4.69) is 400 Å². The minimum Gasteiger partial charge on any atom is -0.0622 e. The maximum Gasteiger partial charge on any atom is -0.000116 e. The van der Waals surface area contributed by atoms with Gasteiger partial charge in [-0.15, -0.1) is 0 Å². The van der Waals surface area contributed by atoms with Crippen molar-refractivity contribution in [2.24, 2.45) is 0 Å². The molecule has 0 aliphatic heterocycles. The van der Waals surface area contributed by atoms with E-state index in [1.54, 1.807) is 0 Å². The van der Waals surface area contributed by atoms with Crippen LogP contribution in [0.1, 0.15) is 0 Å². The molecule has 100 heavy (non-hydrogen) atoms. The van der Waals surface area contributed by atoms with E-state index in [1.807, 2.05) is 0 Å². The number of fused-ring (bicyclic) bond motifs is 4. The molecule has 0 N–H and O–H groups in total. The molecule has 0 radical (unpaired) electrons. The Balaban J connectivity index is 1.22. The van der Waals surface area contributed by atoms with Gasteiger partial charge in [-0.25, -0.2) is 0 Å². The van der Waals surface area contributed by atoms with Gasteiger partial charge < -0.3 is 0 Å². The molecule has 0 aliphatic carbocycles. The Hall–Kier alpha value is -13.0. The van der Waals surface area contributed by atoms with Crippen LogP contribution >= 0.6 is 0 Å². The minimum absolute atomic E-state index is 1.10. The molecule has 0 fully saturated rings. The van der Waals surface area contributed by atoms with Crippen molar-refractivity contribution in [1.82, 2.24) is 0 Å². The van der Waals surface area contributed by atoms with Crippen molar-refractivity contribution < 1.29 is 0 Å². The van der Waals surface area contributed by atoms with E-state index >= 15 is 0 Å².